The van der Waals surface area contributed by atoms with Gasteiger partial charge in [0, 0.05) is 37.7 Å². The first-order valence-corrected chi connectivity index (χ1v) is 19.5. The highest BCUT2D eigenvalue weighted by atomic mass is 35.5. The van der Waals surface area contributed by atoms with Crippen molar-refractivity contribution in [3.05, 3.63) is 41.9 Å². The van der Waals surface area contributed by atoms with E-state index in [0.717, 1.165) is 4.31 Å². The molecule has 1 aromatic rings. The maximum Gasteiger partial charge on any atom is 0.315 e. The third-order valence-electron chi connectivity index (χ3n) is 10.3. The molecule has 290 valence electrons. The fourth-order valence-corrected chi connectivity index (χ4v) is 8.37. The summed E-state index contributed by atoms with van der Waals surface area (Å²) < 4.78 is 27.9. The van der Waals surface area contributed by atoms with E-state index in [0.29, 0.717) is 6.42 Å². The maximum atomic E-state index is 14.4. The van der Waals surface area contributed by atoms with Crippen LogP contribution in [-0.2, 0) is 29.2 Å². The Morgan fingerprint density at radius 3 is 2.23 bits per heavy atom. The summed E-state index contributed by atoms with van der Waals surface area (Å²) in [7, 11) is -2.52. The van der Waals surface area contributed by atoms with Crippen molar-refractivity contribution in [2.75, 3.05) is 26.7 Å². The lowest BCUT2D eigenvalue weighted by Crippen LogP contribution is -2.62. The van der Waals surface area contributed by atoms with Crippen LogP contribution >= 0.6 is 11.6 Å². The van der Waals surface area contributed by atoms with Gasteiger partial charge in [-0.2, -0.15) is 4.31 Å². The van der Waals surface area contributed by atoms with Crippen molar-refractivity contribution in [3.63, 3.8) is 0 Å². The standard InChI is InChI=1S/C37H57ClN6O7S/c1-12-15-25(29(45)32(47)39-18-13-2)40-31(46)28-27-24(37(27,9)10)20-44(28)33(48)30(36(6,7)8)42-34(49)41-26(35(3,4)5)21-43(11)52(50,51)23-17-14-16-22(38)19-23/h13-14,16-17,19,24-28,30H,2,12,15,18,20-21H2,1,3-11H3,(H,39,47)(H,40,46)(H2,41,42,49)/t24-,25?,26+,27-,28-,30+/m0/s1. The number of carbonyl (C=O) groups is 5. The zero-order chi connectivity index (χ0) is 39.6. The number of hydrogen-bond acceptors (Lipinski definition) is 7. The number of nitrogens with one attached hydrogen (secondary N) is 4. The smallest absolute Gasteiger partial charge is 0.315 e. The Balaban J connectivity index is 1.83. The van der Waals surface area contributed by atoms with E-state index in [1.54, 1.807) is 32.9 Å². The molecule has 1 aromatic carbocycles. The number of amides is 5. The van der Waals surface area contributed by atoms with Crippen LogP contribution in [0.1, 0.15) is 75.2 Å². The summed E-state index contributed by atoms with van der Waals surface area (Å²) in [5, 5.41) is 11.2. The molecule has 2 fully saturated rings. The zero-order valence-electron chi connectivity index (χ0n) is 32.1. The number of rotatable bonds is 15. The summed E-state index contributed by atoms with van der Waals surface area (Å²) in [5.41, 5.74) is -1.63. The van der Waals surface area contributed by atoms with Gasteiger partial charge in [-0.05, 0) is 52.7 Å². The molecule has 1 saturated heterocycles. The number of sulfonamides is 1. The van der Waals surface area contributed by atoms with Crippen LogP contribution in [0.5, 0.6) is 0 Å². The molecule has 1 unspecified atom stereocenters. The number of ketones is 1. The number of Topliss-reactive ketones (excluding diaryl/α,β-unsaturated/α-hetero) is 1. The van der Waals surface area contributed by atoms with Gasteiger partial charge in [-0.25, -0.2) is 13.2 Å². The van der Waals surface area contributed by atoms with E-state index < -0.39 is 74.6 Å². The molecule has 0 bridgehead atoms. The summed E-state index contributed by atoms with van der Waals surface area (Å²) in [6, 6.07) is 1.51. The molecule has 0 aromatic heterocycles. The van der Waals surface area contributed by atoms with Gasteiger partial charge in [0.05, 0.1) is 10.9 Å². The van der Waals surface area contributed by atoms with Crippen LogP contribution in [0, 0.1) is 28.1 Å². The second-order valence-electron chi connectivity index (χ2n) is 16.7. The van der Waals surface area contributed by atoms with Crippen molar-refractivity contribution in [1.29, 1.82) is 0 Å². The van der Waals surface area contributed by atoms with Crippen molar-refractivity contribution < 1.29 is 32.4 Å². The number of carbonyl (C=O) groups excluding carboxylic acids is 5. The Morgan fingerprint density at radius 2 is 1.69 bits per heavy atom. The van der Waals surface area contributed by atoms with E-state index in [-0.39, 0.29) is 53.2 Å². The fraction of sp³-hybridized carbons (Fsp3) is 0.649. The lowest BCUT2D eigenvalue weighted by Gasteiger charge is -2.39. The van der Waals surface area contributed by atoms with Gasteiger partial charge in [-0.3, -0.25) is 19.2 Å². The van der Waals surface area contributed by atoms with Gasteiger partial charge < -0.3 is 26.2 Å². The number of halogens is 1. The number of likely N-dealkylation sites (N-methyl/N-ethyl adjacent to an activating group) is 1. The minimum Gasteiger partial charge on any atom is -0.346 e. The summed E-state index contributed by atoms with van der Waals surface area (Å²) in [6.45, 7) is 20.8. The molecular weight excluding hydrogens is 708 g/mol. The first kappa shape index (κ1) is 42.9. The monoisotopic (exact) mass is 764 g/mol. The number of urea groups is 1. The van der Waals surface area contributed by atoms with E-state index in [1.807, 2.05) is 41.5 Å². The molecule has 6 atom stereocenters. The Labute approximate surface area is 314 Å². The highest BCUT2D eigenvalue weighted by Gasteiger charge is 2.70. The second-order valence-corrected chi connectivity index (χ2v) is 19.2. The second kappa shape index (κ2) is 16.3. The molecule has 1 heterocycles. The van der Waals surface area contributed by atoms with Crippen LogP contribution in [0.2, 0.25) is 5.02 Å². The first-order valence-electron chi connectivity index (χ1n) is 17.7. The lowest BCUT2D eigenvalue weighted by molar-refractivity contribution is -0.145. The van der Waals surface area contributed by atoms with E-state index in [4.69, 9.17) is 11.6 Å². The summed E-state index contributed by atoms with van der Waals surface area (Å²) >= 11 is 6.05. The van der Waals surface area contributed by atoms with E-state index >= 15 is 0 Å². The van der Waals surface area contributed by atoms with Crippen LogP contribution in [0.25, 0.3) is 0 Å². The topological polar surface area (TPSA) is 174 Å². The van der Waals surface area contributed by atoms with E-state index in [9.17, 15) is 32.4 Å². The number of benzene rings is 1. The van der Waals surface area contributed by atoms with Crippen molar-refractivity contribution in [3.8, 4) is 0 Å². The van der Waals surface area contributed by atoms with Crippen molar-refractivity contribution in [1.82, 2.24) is 30.5 Å². The molecule has 1 aliphatic carbocycles. The molecule has 1 aliphatic heterocycles. The molecule has 4 N–H and O–H groups in total. The first-order chi connectivity index (χ1) is 23.9. The SMILES string of the molecule is C=CCNC(=O)C(=O)C(CCC)NC(=O)[C@@H]1[C@@H]2[C@H](CN1C(=O)[C@@H](NC(=O)N[C@H](CN(C)S(=O)(=O)c1cccc(Cl)c1)C(C)(C)C)C(C)(C)C)C2(C)C. The third-order valence-corrected chi connectivity index (χ3v) is 12.3. The Kier molecular flexibility index (Phi) is 13.4. The van der Waals surface area contributed by atoms with Crippen LogP contribution in [0.15, 0.2) is 41.8 Å². The summed E-state index contributed by atoms with van der Waals surface area (Å²) in [5.74, 6) is -2.73. The zero-order valence-corrected chi connectivity index (χ0v) is 33.7. The Morgan fingerprint density at radius 1 is 1.06 bits per heavy atom. The Bertz CT molecular complexity index is 1650. The predicted molar refractivity (Wildman–Crippen MR) is 201 cm³/mol. The van der Waals surface area contributed by atoms with Crippen LogP contribution in [-0.4, -0.2) is 98.0 Å². The van der Waals surface area contributed by atoms with Crippen molar-refractivity contribution in [2.24, 2.45) is 28.1 Å². The predicted octanol–water partition coefficient (Wildman–Crippen LogP) is 3.73. The largest absolute Gasteiger partial charge is 0.346 e. The summed E-state index contributed by atoms with van der Waals surface area (Å²) in [6.07, 6.45) is 2.21. The van der Waals surface area contributed by atoms with Gasteiger partial charge in [0.1, 0.15) is 12.1 Å². The van der Waals surface area contributed by atoms with Crippen LogP contribution in [0.3, 0.4) is 0 Å². The number of piperidine rings is 1. The van der Waals surface area contributed by atoms with Gasteiger partial charge in [-0.1, -0.05) is 92.5 Å². The van der Waals surface area contributed by atoms with Crippen LogP contribution in [0.4, 0.5) is 4.79 Å². The average molecular weight is 765 g/mol. The molecule has 0 spiro atoms. The summed E-state index contributed by atoms with van der Waals surface area (Å²) in [4.78, 5) is 69.1. The quantitative estimate of drug-likeness (QED) is 0.156. The van der Waals surface area contributed by atoms with E-state index in [2.05, 4.69) is 27.8 Å². The average Bonchev–Trinajstić information content (AvgIpc) is 3.34. The molecule has 2 aliphatic rings. The van der Waals surface area contributed by atoms with Gasteiger partial charge in [0.25, 0.3) is 5.91 Å². The van der Waals surface area contributed by atoms with E-state index in [1.165, 1.54) is 30.2 Å². The normalized spacial score (nSPS) is 21.3. The highest BCUT2D eigenvalue weighted by molar-refractivity contribution is 7.89. The van der Waals surface area contributed by atoms with Crippen LogP contribution < -0.4 is 21.3 Å². The number of fused-ring (bicyclic) bond motifs is 1. The van der Waals surface area contributed by atoms with Crippen molar-refractivity contribution >= 4 is 51.2 Å². The lowest BCUT2D eigenvalue weighted by atomic mass is 9.85. The minimum atomic E-state index is -3.94. The molecule has 1 saturated carbocycles. The highest BCUT2D eigenvalue weighted by Crippen LogP contribution is 2.65. The van der Waals surface area contributed by atoms with Crippen molar-refractivity contribution in [2.45, 2.75) is 104 Å². The number of nitrogens with zero attached hydrogens (tertiary/aromatic N) is 2. The molecule has 3 rings (SSSR count). The maximum absolute atomic E-state index is 14.4. The molecule has 13 nitrogen and oxygen atoms in total. The van der Waals surface area contributed by atoms with Gasteiger partial charge in [-0.15, -0.1) is 6.58 Å². The van der Waals surface area contributed by atoms with Gasteiger partial charge >= 0.3 is 6.03 Å². The fourth-order valence-electron chi connectivity index (χ4n) is 6.88. The number of likely N-dealkylation sites (tertiary alicyclic amines) is 1. The molecule has 15 heteroatoms. The van der Waals surface area contributed by atoms with Gasteiger partial charge in [0.2, 0.25) is 27.6 Å². The molecular formula is C37H57ClN6O7S. The Hall–Kier alpha value is -3.49. The number of hydrogen-bond donors (Lipinski definition) is 4. The molecule has 5 amide bonds. The third kappa shape index (κ3) is 9.73. The minimum absolute atomic E-state index is 0.0183. The molecule has 0 radical (unpaired) electrons. The molecule has 52 heavy (non-hydrogen) atoms. The van der Waals surface area contributed by atoms with Gasteiger partial charge in [0.15, 0.2) is 0 Å².